The Balaban J connectivity index is 2.15. The fourth-order valence-electron chi connectivity index (χ4n) is 1.20. The topological polar surface area (TPSA) is 59.6 Å². The van der Waals surface area contributed by atoms with Gasteiger partial charge in [-0.1, -0.05) is 0 Å². The van der Waals surface area contributed by atoms with Gasteiger partial charge in [-0.05, 0) is 24.3 Å². The third-order valence-electron chi connectivity index (χ3n) is 2.17. The molecule has 17 heavy (non-hydrogen) atoms. The van der Waals surface area contributed by atoms with E-state index in [-0.39, 0.29) is 5.91 Å². The van der Waals surface area contributed by atoms with E-state index in [1.807, 2.05) is 24.3 Å². The average Bonchev–Trinajstić information content (AvgIpc) is 2.38. The quantitative estimate of drug-likeness (QED) is 0.675. The lowest BCUT2D eigenvalue weighted by Gasteiger charge is -2.07. The van der Waals surface area contributed by atoms with Crippen LogP contribution in [-0.4, -0.2) is 39.8 Å². The van der Waals surface area contributed by atoms with Crippen molar-refractivity contribution in [2.75, 3.05) is 33.9 Å². The Morgan fingerprint density at radius 1 is 1.24 bits per heavy atom. The Bertz CT molecular complexity index is 338. The summed E-state index contributed by atoms with van der Waals surface area (Å²) < 4.78 is 10.5. The van der Waals surface area contributed by atoms with E-state index < -0.39 is 0 Å². The van der Waals surface area contributed by atoms with Crippen LogP contribution in [0.1, 0.15) is 0 Å². The number of benzene rings is 1. The van der Waals surface area contributed by atoms with Crippen LogP contribution in [0.3, 0.4) is 0 Å². The first-order valence-corrected chi connectivity index (χ1v) is 5.44. The summed E-state index contributed by atoms with van der Waals surface area (Å²) in [6.07, 6.45) is 0. The first kappa shape index (κ1) is 13.3. The number of ether oxygens (including phenoxy) is 2. The van der Waals surface area contributed by atoms with Crippen LogP contribution in [0.25, 0.3) is 0 Å². The Kier molecular flexibility index (Phi) is 5.88. The van der Waals surface area contributed by atoms with E-state index in [9.17, 15) is 4.79 Å². The summed E-state index contributed by atoms with van der Waals surface area (Å²) >= 11 is 0. The Labute approximate surface area is 101 Å². The molecule has 1 amide bonds. The highest BCUT2D eigenvalue weighted by Crippen LogP contribution is 2.16. The lowest BCUT2D eigenvalue weighted by molar-refractivity contribution is -0.119. The van der Waals surface area contributed by atoms with Gasteiger partial charge in [0.1, 0.15) is 18.1 Å². The Morgan fingerprint density at radius 2 is 1.88 bits per heavy atom. The minimum atomic E-state index is -0.0329. The maximum absolute atomic E-state index is 10.9. The van der Waals surface area contributed by atoms with E-state index in [1.165, 1.54) is 0 Å². The fraction of sp³-hybridized carbons (Fsp3) is 0.417. The van der Waals surface area contributed by atoms with Crippen LogP contribution in [-0.2, 0) is 4.79 Å². The smallest absolute Gasteiger partial charge is 0.233 e. The molecule has 0 aliphatic carbocycles. The molecule has 1 aromatic rings. The Morgan fingerprint density at radius 3 is 2.47 bits per heavy atom. The average molecular weight is 238 g/mol. The molecule has 5 nitrogen and oxygen atoms in total. The third kappa shape index (κ3) is 5.21. The van der Waals surface area contributed by atoms with Crippen molar-refractivity contribution in [1.29, 1.82) is 0 Å². The SMILES string of the molecule is CNC(=O)CNCCOc1ccc(OC)cc1. The van der Waals surface area contributed by atoms with Gasteiger partial charge in [0.05, 0.1) is 13.7 Å². The zero-order valence-corrected chi connectivity index (χ0v) is 10.2. The second-order valence-electron chi connectivity index (χ2n) is 3.37. The third-order valence-corrected chi connectivity index (χ3v) is 2.17. The normalized spacial score (nSPS) is 9.76. The molecular weight excluding hydrogens is 220 g/mol. The number of rotatable bonds is 7. The molecule has 2 N–H and O–H groups in total. The summed E-state index contributed by atoms with van der Waals surface area (Å²) in [7, 11) is 3.23. The summed E-state index contributed by atoms with van der Waals surface area (Å²) in [5.74, 6) is 1.55. The number of likely N-dealkylation sites (N-methyl/N-ethyl adjacent to an activating group) is 1. The van der Waals surface area contributed by atoms with E-state index >= 15 is 0 Å². The van der Waals surface area contributed by atoms with Crippen molar-refractivity contribution in [2.45, 2.75) is 0 Å². The van der Waals surface area contributed by atoms with Gasteiger partial charge in [0.2, 0.25) is 5.91 Å². The van der Waals surface area contributed by atoms with Gasteiger partial charge in [0.25, 0.3) is 0 Å². The standard InChI is InChI=1S/C12H18N2O3/c1-13-12(15)9-14-7-8-17-11-5-3-10(16-2)4-6-11/h3-6,14H,7-9H2,1-2H3,(H,13,15). The van der Waals surface area contributed by atoms with Crippen molar-refractivity contribution in [3.8, 4) is 11.5 Å². The Hall–Kier alpha value is -1.75. The summed E-state index contributed by atoms with van der Waals surface area (Å²) in [4.78, 5) is 10.9. The monoisotopic (exact) mass is 238 g/mol. The summed E-state index contributed by atoms with van der Waals surface area (Å²) in [5.41, 5.74) is 0. The van der Waals surface area contributed by atoms with Gasteiger partial charge in [-0.15, -0.1) is 0 Å². The number of carbonyl (C=O) groups is 1. The molecule has 0 spiro atoms. The van der Waals surface area contributed by atoms with Crippen LogP contribution in [0.4, 0.5) is 0 Å². The summed E-state index contributed by atoms with van der Waals surface area (Å²) in [5, 5.41) is 5.50. The van der Waals surface area contributed by atoms with Gasteiger partial charge < -0.3 is 20.1 Å². The summed E-state index contributed by atoms with van der Waals surface area (Å²) in [6, 6.07) is 7.37. The van der Waals surface area contributed by atoms with Crippen LogP contribution in [0.2, 0.25) is 0 Å². The largest absolute Gasteiger partial charge is 0.497 e. The van der Waals surface area contributed by atoms with Gasteiger partial charge in [-0.3, -0.25) is 4.79 Å². The zero-order chi connectivity index (χ0) is 12.5. The highest BCUT2D eigenvalue weighted by atomic mass is 16.5. The lowest BCUT2D eigenvalue weighted by Crippen LogP contribution is -2.33. The van der Waals surface area contributed by atoms with E-state index in [1.54, 1.807) is 14.2 Å². The minimum Gasteiger partial charge on any atom is -0.497 e. The van der Waals surface area contributed by atoms with Crippen molar-refractivity contribution < 1.29 is 14.3 Å². The fourth-order valence-corrected chi connectivity index (χ4v) is 1.20. The maximum atomic E-state index is 10.9. The molecule has 1 aromatic carbocycles. The number of amides is 1. The number of hydrogen-bond acceptors (Lipinski definition) is 4. The van der Waals surface area contributed by atoms with Gasteiger partial charge >= 0.3 is 0 Å². The van der Waals surface area contributed by atoms with Crippen LogP contribution >= 0.6 is 0 Å². The number of carbonyl (C=O) groups excluding carboxylic acids is 1. The molecule has 0 radical (unpaired) electrons. The van der Waals surface area contributed by atoms with E-state index in [0.717, 1.165) is 11.5 Å². The van der Waals surface area contributed by atoms with Gasteiger partial charge in [0, 0.05) is 13.6 Å². The molecule has 0 bridgehead atoms. The van der Waals surface area contributed by atoms with Gasteiger partial charge in [-0.2, -0.15) is 0 Å². The van der Waals surface area contributed by atoms with Crippen LogP contribution in [0, 0.1) is 0 Å². The highest BCUT2D eigenvalue weighted by Gasteiger charge is 1.97. The molecule has 94 valence electrons. The van der Waals surface area contributed by atoms with Crippen molar-refractivity contribution >= 4 is 5.91 Å². The molecule has 5 heteroatoms. The molecule has 1 rings (SSSR count). The predicted molar refractivity (Wildman–Crippen MR) is 65.4 cm³/mol. The molecule has 0 aliphatic heterocycles. The zero-order valence-electron chi connectivity index (χ0n) is 10.2. The molecule has 0 atom stereocenters. The molecular formula is C12H18N2O3. The molecule has 0 heterocycles. The second kappa shape index (κ2) is 7.51. The van der Waals surface area contributed by atoms with Gasteiger partial charge in [-0.25, -0.2) is 0 Å². The number of methoxy groups -OCH3 is 1. The van der Waals surface area contributed by atoms with E-state index in [4.69, 9.17) is 9.47 Å². The van der Waals surface area contributed by atoms with Crippen molar-refractivity contribution in [3.05, 3.63) is 24.3 Å². The maximum Gasteiger partial charge on any atom is 0.233 e. The van der Waals surface area contributed by atoms with E-state index in [2.05, 4.69) is 10.6 Å². The molecule has 0 aromatic heterocycles. The first-order valence-electron chi connectivity index (χ1n) is 5.44. The second-order valence-corrected chi connectivity index (χ2v) is 3.37. The summed E-state index contributed by atoms with van der Waals surface area (Å²) in [6.45, 7) is 1.45. The van der Waals surface area contributed by atoms with Crippen molar-refractivity contribution in [2.24, 2.45) is 0 Å². The van der Waals surface area contributed by atoms with Crippen LogP contribution < -0.4 is 20.1 Å². The number of nitrogens with one attached hydrogen (secondary N) is 2. The van der Waals surface area contributed by atoms with Gasteiger partial charge in [0.15, 0.2) is 0 Å². The lowest BCUT2D eigenvalue weighted by atomic mass is 10.3. The van der Waals surface area contributed by atoms with Crippen LogP contribution in [0.5, 0.6) is 11.5 Å². The number of hydrogen-bond donors (Lipinski definition) is 2. The molecule has 0 aliphatic rings. The van der Waals surface area contributed by atoms with E-state index in [0.29, 0.717) is 19.7 Å². The molecule has 0 unspecified atom stereocenters. The molecule has 0 saturated heterocycles. The molecule has 0 saturated carbocycles. The van der Waals surface area contributed by atoms with Crippen molar-refractivity contribution in [3.63, 3.8) is 0 Å². The highest BCUT2D eigenvalue weighted by molar-refractivity contribution is 5.77. The first-order chi connectivity index (χ1) is 8.26. The van der Waals surface area contributed by atoms with Crippen molar-refractivity contribution in [1.82, 2.24) is 10.6 Å². The van der Waals surface area contributed by atoms with Crippen LogP contribution in [0.15, 0.2) is 24.3 Å². The molecule has 0 fully saturated rings. The predicted octanol–water partition coefficient (Wildman–Crippen LogP) is 0.410. The minimum absolute atomic E-state index is 0.0329.